The maximum atomic E-state index is 11.2. The van der Waals surface area contributed by atoms with Gasteiger partial charge in [0, 0.05) is 19.6 Å². The van der Waals surface area contributed by atoms with Crippen LogP contribution in [0.3, 0.4) is 0 Å². The average Bonchev–Trinajstić information content (AvgIpc) is 2.57. The number of hydrogen-bond acceptors (Lipinski definition) is 2. The predicted molar refractivity (Wildman–Crippen MR) is 50.1 cm³/mol. The van der Waals surface area contributed by atoms with Gasteiger partial charge in [0.05, 0.1) is 12.5 Å². The first-order chi connectivity index (χ1) is 6.33. The van der Waals surface area contributed by atoms with Gasteiger partial charge < -0.3 is 10.1 Å². The Kier molecular flexibility index (Phi) is 4.34. The quantitative estimate of drug-likeness (QED) is 0.512. The Morgan fingerprint density at radius 1 is 1.69 bits per heavy atom. The van der Waals surface area contributed by atoms with Gasteiger partial charge in [0.2, 0.25) is 5.91 Å². The summed E-state index contributed by atoms with van der Waals surface area (Å²) in [5.74, 6) is 2.51. The molecule has 72 valence electrons. The van der Waals surface area contributed by atoms with Crippen LogP contribution >= 0.6 is 0 Å². The Morgan fingerprint density at radius 2 is 2.54 bits per heavy atom. The van der Waals surface area contributed by atoms with Crippen molar-refractivity contribution in [1.29, 1.82) is 0 Å². The highest BCUT2D eigenvalue weighted by atomic mass is 16.5. The van der Waals surface area contributed by atoms with Gasteiger partial charge >= 0.3 is 0 Å². The molecule has 1 saturated heterocycles. The molecule has 1 N–H and O–H groups in total. The van der Waals surface area contributed by atoms with E-state index >= 15 is 0 Å². The van der Waals surface area contributed by atoms with Gasteiger partial charge in [-0.1, -0.05) is 0 Å². The second kappa shape index (κ2) is 5.60. The number of carbonyl (C=O) groups is 1. The first-order valence-corrected chi connectivity index (χ1v) is 4.64. The van der Waals surface area contributed by atoms with Crippen LogP contribution in [0.1, 0.15) is 25.7 Å². The lowest BCUT2D eigenvalue weighted by atomic mass is 10.2. The van der Waals surface area contributed by atoms with E-state index in [1.807, 2.05) is 0 Å². The minimum atomic E-state index is 0.0437. The number of ether oxygens (including phenoxy) is 1. The van der Waals surface area contributed by atoms with Gasteiger partial charge in [0.25, 0.3) is 0 Å². The lowest BCUT2D eigenvalue weighted by Gasteiger charge is -2.08. The number of nitrogens with one attached hydrogen (secondary N) is 1. The van der Waals surface area contributed by atoms with Crippen LogP contribution in [0.5, 0.6) is 0 Å². The fourth-order valence-corrected chi connectivity index (χ4v) is 1.36. The van der Waals surface area contributed by atoms with Crippen molar-refractivity contribution in [3.05, 3.63) is 0 Å². The highest BCUT2D eigenvalue weighted by Crippen LogP contribution is 2.14. The van der Waals surface area contributed by atoms with Gasteiger partial charge in [0.15, 0.2) is 0 Å². The van der Waals surface area contributed by atoms with Crippen LogP contribution in [0.4, 0.5) is 0 Å². The molecular formula is C10H15NO2. The van der Waals surface area contributed by atoms with Crippen LogP contribution in [0, 0.1) is 12.3 Å². The Hall–Kier alpha value is -1.01. The minimum absolute atomic E-state index is 0.0437. The molecular weight excluding hydrogens is 166 g/mol. The number of terminal acetylenes is 1. The average molecular weight is 181 g/mol. The molecule has 1 fully saturated rings. The SMILES string of the molecule is C#CCCNC(=O)CC1CCCO1. The molecule has 1 aliphatic heterocycles. The van der Waals surface area contributed by atoms with Crippen molar-refractivity contribution in [2.45, 2.75) is 31.8 Å². The van der Waals surface area contributed by atoms with Crippen molar-refractivity contribution in [3.8, 4) is 12.3 Å². The first-order valence-electron chi connectivity index (χ1n) is 4.64. The summed E-state index contributed by atoms with van der Waals surface area (Å²) in [6.07, 6.45) is 8.33. The molecule has 0 aromatic carbocycles. The number of amides is 1. The van der Waals surface area contributed by atoms with E-state index in [1.165, 1.54) is 0 Å². The lowest BCUT2D eigenvalue weighted by Crippen LogP contribution is -2.27. The second-order valence-corrected chi connectivity index (χ2v) is 3.14. The molecule has 1 atom stereocenters. The summed E-state index contributed by atoms with van der Waals surface area (Å²) in [6.45, 7) is 1.37. The molecule has 1 aliphatic rings. The summed E-state index contributed by atoms with van der Waals surface area (Å²) in [4.78, 5) is 11.2. The van der Waals surface area contributed by atoms with E-state index in [9.17, 15) is 4.79 Å². The number of rotatable bonds is 4. The third-order valence-electron chi connectivity index (χ3n) is 2.03. The summed E-state index contributed by atoms with van der Waals surface area (Å²) in [6, 6.07) is 0. The third-order valence-corrected chi connectivity index (χ3v) is 2.03. The zero-order valence-electron chi connectivity index (χ0n) is 7.71. The van der Waals surface area contributed by atoms with E-state index in [0.717, 1.165) is 19.4 Å². The van der Waals surface area contributed by atoms with Gasteiger partial charge in [-0.2, -0.15) is 0 Å². The maximum absolute atomic E-state index is 11.2. The predicted octanol–water partition coefficient (Wildman–Crippen LogP) is 0.695. The van der Waals surface area contributed by atoms with Crippen LogP contribution in [-0.4, -0.2) is 25.2 Å². The molecule has 3 nitrogen and oxygen atoms in total. The van der Waals surface area contributed by atoms with Crippen molar-refractivity contribution in [2.24, 2.45) is 0 Å². The highest BCUT2D eigenvalue weighted by molar-refractivity contribution is 5.76. The van der Waals surface area contributed by atoms with Gasteiger partial charge in [-0.25, -0.2) is 0 Å². The Morgan fingerprint density at radius 3 is 3.15 bits per heavy atom. The van der Waals surface area contributed by atoms with E-state index in [0.29, 0.717) is 19.4 Å². The first kappa shape index (κ1) is 10.1. The van der Waals surface area contributed by atoms with Crippen LogP contribution in [-0.2, 0) is 9.53 Å². The van der Waals surface area contributed by atoms with Crippen LogP contribution < -0.4 is 5.32 Å². The molecule has 0 aromatic heterocycles. The molecule has 0 bridgehead atoms. The van der Waals surface area contributed by atoms with Crippen molar-refractivity contribution < 1.29 is 9.53 Å². The molecule has 1 heterocycles. The van der Waals surface area contributed by atoms with Crippen LogP contribution in [0.2, 0.25) is 0 Å². The van der Waals surface area contributed by atoms with Gasteiger partial charge in [0.1, 0.15) is 0 Å². The second-order valence-electron chi connectivity index (χ2n) is 3.14. The molecule has 0 spiro atoms. The normalized spacial score (nSPS) is 21.0. The van der Waals surface area contributed by atoms with E-state index in [2.05, 4.69) is 11.2 Å². The third kappa shape index (κ3) is 3.95. The van der Waals surface area contributed by atoms with E-state index < -0.39 is 0 Å². The Labute approximate surface area is 78.8 Å². The summed E-state index contributed by atoms with van der Waals surface area (Å²) in [5.41, 5.74) is 0. The number of carbonyl (C=O) groups excluding carboxylic acids is 1. The zero-order valence-corrected chi connectivity index (χ0v) is 7.71. The summed E-state index contributed by atoms with van der Waals surface area (Å²) in [7, 11) is 0. The Balaban J connectivity index is 2.07. The fourth-order valence-electron chi connectivity index (χ4n) is 1.36. The molecule has 1 rings (SSSR count). The minimum Gasteiger partial charge on any atom is -0.378 e. The molecule has 0 aliphatic carbocycles. The monoisotopic (exact) mass is 181 g/mol. The van der Waals surface area contributed by atoms with Gasteiger partial charge in [-0.15, -0.1) is 12.3 Å². The van der Waals surface area contributed by atoms with E-state index in [1.54, 1.807) is 0 Å². The molecule has 0 aromatic rings. The molecule has 1 unspecified atom stereocenters. The summed E-state index contributed by atoms with van der Waals surface area (Å²) in [5, 5.41) is 2.75. The molecule has 0 radical (unpaired) electrons. The van der Waals surface area contributed by atoms with E-state index in [4.69, 9.17) is 11.2 Å². The fraction of sp³-hybridized carbons (Fsp3) is 0.700. The van der Waals surface area contributed by atoms with Gasteiger partial charge in [-0.05, 0) is 12.8 Å². The summed E-state index contributed by atoms with van der Waals surface area (Å²) >= 11 is 0. The van der Waals surface area contributed by atoms with Crippen molar-refractivity contribution in [3.63, 3.8) is 0 Å². The standard InChI is InChI=1S/C10H15NO2/c1-2-3-6-11-10(12)8-9-5-4-7-13-9/h1,9H,3-8H2,(H,11,12). The topological polar surface area (TPSA) is 38.3 Å². The van der Waals surface area contributed by atoms with Crippen molar-refractivity contribution in [2.75, 3.05) is 13.2 Å². The summed E-state index contributed by atoms with van der Waals surface area (Å²) < 4.78 is 5.33. The molecule has 1 amide bonds. The highest BCUT2D eigenvalue weighted by Gasteiger charge is 2.18. The van der Waals surface area contributed by atoms with Gasteiger partial charge in [-0.3, -0.25) is 4.79 Å². The zero-order chi connectivity index (χ0) is 9.52. The van der Waals surface area contributed by atoms with Crippen molar-refractivity contribution in [1.82, 2.24) is 5.32 Å². The maximum Gasteiger partial charge on any atom is 0.222 e. The molecule has 13 heavy (non-hydrogen) atoms. The van der Waals surface area contributed by atoms with Crippen LogP contribution in [0.25, 0.3) is 0 Å². The number of hydrogen-bond donors (Lipinski definition) is 1. The molecule has 0 saturated carbocycles. The largest absolute Gasteiger partial charge is 0.378 e. The van der Waals surface area contributed by atoms with E-state index in [-0.39, 0.29) is 12.0 Å². The Bertz CT molecular complexity index is 201. The van der Waals surface area contributed by atoms with Crippen LogP contribution in [0.15, 0.2) is 0 Å². The lowest BCUT2D eigenvalue weighted by molar-refractivity contribution is -0.123. The smallest absolute Gasteiger partial charge is 0.222 e. The van der Waals surface area contributed by atoms with Crippen molar-refractivity contribution >= 4 is 5.91 Å². The molecule has 3 heteroatoms.